The molecule has 0 radical (unpaired) electrons. The Kier molecular flexibility index (Phi) is 6.67. The number of non-ortho nitro benzene ring substituents is 1. The van der Waals surface area contributed by atoms with Gasteiger partial charge in [0, 0.05) is 23.1 Å². The van der Waals surface area contributed by atoms with Crippen LogP contribution in [0.25, 0.3) is 11.3 Å². The van der Waals surface area contributed by atoms with Crippen LogP contribution in [0.1, 0.15) is 21.3 Å². The molecule has 0 spiro atoms. The molecule has 0 fully saturated rings. The van der Waals surface area contributed by atoms with Crippen LogP contribution in [0.5, 0.6) is 0 Å². The standard InChI is InChI=1S/C21H14N4O6S/c1-31-21(28)14-4-2-3-5-16(14)23-19(27)18(26)15(10-22)20-24-17(11-32-20)12-6-8-13(9-7-12)25(29)30/h2-9,11,15H,1H3,(H,23,27)/t15-/m0/s1. The molecule has 0 aliphatic heterocycles. The van der Waals surface area contributed by atoms with Crippen molar-refractivity contribution >= 4 is 40.4 Å². The Labute approximate surface area is 185 Å². The first-order chi connectivity index (χ1) is 15.3. The van der Waals surface area contributed by atoms with Crippen molar-refractivity contribution in [1.29, 1.82) is 5.26 Å². The first-order valence-electron chi connectivity index (χ1n) is 8.98. The second-order valence-electron chi connectivity index (χ2n) is 6.29. The maximum atomic E-state index is 12.6. The fraction of sp³-hybridized carbons (Fsp3) is 0.0952. The maximum absolute atomic E-state index is 12.6. The third kappa shape index (κ3) is 4.66. The third-order valence-electron chi connectivity index (χ3n) is 4.34. The number of Topliss-reactive ketones (excluding diaryl/α,β-unsaturated/α-hetero) is 1. The average molecular weight is 450 g/mol. The highest BCUT2D eigenvalue weighted by molar-refractivity contribution is 7.10. The number of nitro benzene ring substituents is 1. The summed E-state index contributed by atoms with van der Waals surface area (Å²) in [5, 5.41) is 24.3. The van der Waals surface area contributed by atoms with Gasteiger partial charge in [0.1, 0.15) is 5.01 Å². The molecule has 32 heavy (non-hydrogen) atoms. The van der Waals surface area contributed by atoms with Crippen LogP contribution in [0.15, 0.2) is 53.9 Å². The van der Waals surface area contributed by atoms with Crippen molar-refractivity contribution in [3.05, 3.63) is 74.6 Å². The molecule has 3 aromatic rings. The van der Waals surface area contributed by atoms with Crippen LogP contribution in [0.2, 0.25) is 0 Å². The van der Waals surface area contributed by atoms with Crippen molar-refractivity contribution in [1.82, 2.24) is 4.98 Å². The summed E-state index contributed by atoms with van der Waals surface area (Å²) in [6.45, 7) is 0. The SMILES string of the molecule is COC(=O)c1ccccc1NC(=O)C(=O)[C@H](C#N)c1nc(-c2ccc([N+](=O)[O-])cc2)cs1. The number of nitro groups is 1. The summed E-state index contributed by atoms with van der Waals surface area (Å²) in [6, 6.07) is 13.4. The Hall–Kier alpha value is -4.43. The fourth-order valence-corrected chi connectivity index (χ4v) is 3.60. The van der Waals surface area contributed by atoms with Crippen LogP contribution >= 0.6 is 11.3 Å². The molecule has 3 rings (SSSR count). The van der Waals surface area contributed by atoms with Crippen LogP contribution < -0.4 is 5.32 Å². The Morgan fingerprint density at radius 3 is 2.50 bits per heavy atom. The lowest BCUT2D eigenvalue weighted by Gasteiger charge is -2.10. The zero-order valence-corrected chi connectivity index (χ0v) is 17.3. The van der Waals surface area contributed by atoms with E-state index in [2.05, 4.69) is 15.0 Å². The van der Waals surface area contributed by atoms with Crippen molar-refractivity contribution in [3.8, 4) is 17.3 Å². The minimum atomic E-state index is -1.46. The molecule has 1 heterocycles. The number of ketones is 1. The number of rotatable bonds is 7. The average Bonchev–Trinajstić information content (AvgIpc) is 3.29. The number of para-hydroxylation sites is 1. The largest absolute Gasteiger partial charge is 0.465 e. The molecule has 0 saturated heterocycles. The van der Waals surface area contributed by atoms with E-state index in [1.54, 1.807) is 23.6 Å². The lowest BCUT2D eigenvalue weighted by Crippen LogP contribution is -2.28. The third-order valence-corrected chi connectivity index (χ3v) is 5.25. The van der Waals surface area contributed by atoms with E-state index < -0.39 is 28.5 Å². The van der Waals surface area contributed by atoms with E-state index >= 15 is 0 Å². The van der Waals surface area contributed by atoms with Gasteiger partial charge in [0.15, 0.2) is 5.92 Å². The zero-order valence-electron chi connectivity index (χ0n) is 16.5. The number of methoxy groups -OCH3 is 1. The molecule has 11 heteroatoms. The van der Waals surface area contributed by atoms with Crippen LogP contribution in [0.4, 0.5) is 11.4 Å². The molecule has 0 saturated carbocycles. The number of aromatic nitrogens is 1. The van der Waals surface area contributed by atoms with Crippen LogP contribution in [-0.4, -0.2) is 34.7 Å². The smallest absolute Gasteiger partial charge is 0.339 e. The van der Waals surface area contributed by atoms with E-state index in [4.69, 9.17) is 0 Å². The number of carbonyl (C=O) groups excluding carboxylic acids is 3. The predicted octanol–water partition coefficient (Wildman–Crippen LogP) is 3.32. The molecule has 0 aliphatic carbocycles. The molecule has 160 valence electrons. The van der Waals surface area contributed by atoms with Crippen molar-refractivity contribution in [2.75, 3.05) is 12.4 Å². The van der Waals surface area contributed by atoms with Gasteiger partial charge in [-0.15, -0.1) is 11.3 Å². The molecular formula is C21H14N4O6S. The van der Waals surface area contributed by atoms with Crippen LogP contribution in [-0.2, 0) is 14.3 Å². The van der Waals surface area contributed by atoms with Gasteiger partial charge in [0.2, 0.25) is 5.78 Å². The van der Waals surface area contributed by atoms with Crippen molar-refractivity contribution in [2.45, 2.75) is 5.92 Å². The van der Waals surface area contributed by atoms with Crippen LogP contribution in [0, 0.1) is 21.4 Å². The molecule has 1 atom stereocenters. The Balaban J connectivity index is 1.80. The topological polar surface area (TPSA) is 152 Å². The van der Waals surface area contributed by atoms with Crippen molar-refractivity contribution in [3.63, 3.8) is 0 Å². The summed E-state index contributed by atoms with van der Waals surface area (Å²) in [4.78, 5) is 51.4. The summed E-state index contributed by atoms with van der Waals surface area (Å²) in [5.41, 5.74) is 1.00. The van der Waals surface area contributed by atoms with E-state index in [9.17, 15) is 29.8 Å². The minimum Gasteiger partial charge on any atom is -0.465 e. The number of nitrogens with one attached hydrogen (secondary N) is 1. The molecule has 2 aromatic carbocycles. The Bertz CT molecular complexity index is 1250. The fourth-order valence-electron chi connectivity index (χ4n) is 2.73. The molecule has 1 amide bonds. The highest BCUT2D eigenvalue weighted by atomic mass is 32.1. The second kappa shape index (κ2) is 9.59. The second-order valence-corrected chi connectivity index (χ2v) is 7.18. The van der Waals surface area contributed by atoms with Gasteiger partial charge >= 0.3 is 5.97 Å². The van der Waals surface area contributed by atoms with Gasteiger partial charge in [-0.1, -0.05) is 12.1 Å². The Morgan fingerprint density at radius 1 is 1.19 bits per heavy atom. The highest BCUT2D eigenvalue weighted by Crippen LogP contribution is 2.28. The zero-order chi connectivity index (χ0) is 23.3. The molecule has 10 nitrogen and oxygen atoms in total. The summed E-state index contributed by atoms with van der Waals surface area (Å²) < 4.78 is 4.65. The lowest BCUT2D eigenvalue weighted by atomic mass is 10.1. The first kappa shape index (κ1) is 22.3. The molecule has 1 aromatic heterocycles. The quantitative estimate of drug-likeness (QED) is 0.249. The van der Waals surface area contributed by atoms with Gasteiger partial charge < -0.3 is 10.1 Å². The highest BCUT2D eigenvalue weighted by Gasteiger charge is 2.30. The van der Waals surface area contributed by atoms with E-state index in [-0.39, 0.29) is 21.9 Å². The lowest BCUT2D eigenvalue weighted by molar-refractivity contribution is -0.384. The van der Waals surface area contributed by atoms with Gasteiger partial charge in [-0.05, 0) is 24.3 Å². The number of carbonyl (C=O) groups is 3. The van der Waals surface area contributed by atoms with E-state index in [1.165, 1.54) is 43.5 Å². The maximum Gasteiger partial charge on any atom is 0.339 e. The van der Waals surface area contributed by atoms with Gasteiger partial charge in [-0.2, -0.15) is 5.26 Å². The van der Waals surface area contributed by atoms with E-state index in [1.807, 2.05) is 0 Å². The minimum absolute atomic E-state index is 0.0550. The summed E-state index contributed by atoms with van der Waals surface area (Å²) in [5.74, 6) is -4.29. The van der Waals surface area contributed by atoms with Gasteiger partial charge in [0.05, 0.1) is 35.0 Å². The Morgan fingerprint density at radius 2 is 1.88 bits per heavy atom. The molecule has 0 aliphatic rings. The number of anilines is 1. The number of amides is 1. The summed E-state index contributed by atoms with van der Waals surface area (Å²) in [7, 11) is 1.18. The van der Waals surface area contributed by atoms with Crippen LogP contribution in [0.3, 0.4) is 0 Å². The number of hydrogen-bond acceptors (Lipinski definition) is 9. The molecule has 1 N–H and O–H groups in total. The van der Waals surface area contributed by atoms with Gasteiger partial charge in [-0.25, -0.2) is 9.78 Å². The number of nitriles is 1. The number of thiazole rings is 1. The number of nitrogens with zero attached hydrogens (tertiary/aromatic N) is 3. The van der Waals surface area contributed by atoms with Gasteiger partial charge in [0.25, 0.3) is 11.6 Å². The normalized spacial score (nSPS) is 11.1. The molecule has 0 bridgehead atoms. The van der Waals surface area contributed by atoms with Crippen molar-refractivity contribution < 1.29 is 24.0 Å². The first-order valence-corrected chi connectivity index (χ1v) is 9.86. The monoisotopic (exact) mass is 450 g/mol. The predicted molar refractivity (Wildman–Crippen MR) is 114 cm³/mol. The van der Waals surface area contributed by atoms with E-state index in [0.717, 1.165) is 11.3 Å². The number of esters is 1. The van der Waals surface area contributed by atoms with Crippen molar-refractivity contribution in [2.24, 2.45) is 0 Å². The summed E-state index contributed by atoms with van der Waals surface area (Å²) in [6.07, 6.45) is 0. The summed E-state index contributed by atoms with van der Waals surface area (Å²) >= 11 is 1.01. The number of benzene rings is 2. The molecular weight excluding hydrogens is 436 g/mol. The number of ether oxygens (including phenoxy) is 1. The van der Waals surface area contributed by atoms with E-state index in [0.29, 0.717) is 11.3 Å². The number of hydrogen-bond donors (Lipinski definition) is 1. The molecule has 0 unspecified atom stereocenters. The van der Waals surface area contributed by atoms with Gasteiger partial charge in [-0.3, -0.25) is 19.7 Å².